The summed E-state index contributed by atoms with van der Waals surface area (Å²) in [7, 11) is 2.16. The fourth-order valence-corrected chi connectivity index (χ4v) is 4.67. The summed E-state index contributed by atoms with van der Waals surface area (Å²) in [4.78, 5) is 2.30. The van der Waals surface area contributed by atoms with E-state index in [0.29, 0.717) is 0 Å². The van der Waals surface area contributed by atoms with Crippen LogP contribution in [-0.2, 0) is 0 Å². The average molecular weight is 383 g/mol. The molecule has 0 amide bonds. The first kappa shape index (κ1) is 17.1. The van der Waals surface area contributed by atoms with E-state index in [9.17, 15) is 0 Å². The highest BCUT2D eigenvalue weighted by molar-refractivity contribution is 6.26. The first-order valence-corrected chi connectivity index (χ1v) is 10.4. The van der Waals surface area contributed by atoms with Crippen molar-refractivity contribution >= 4 is 43.7 Å². The van der Waals surface area contributed by atoms with Crippen molar-refractivity contribution in [3.63, 3.8) is 0 Å². The Kier molecular flexibility index (Phi) is 3.75. The van der Waals surface area contributed by atoms with Gasteiger partial charge in [0.15, 0.2) is 0 Å². The second kappa shape index (κ2) is 6.60. The molecule has 30 heavy (non-hydrogen) atoms. The van der Waals surface area contributed by atoms with Gasteiger partial charge in [-0.3, -0.25) is 0 Å². The maximum absolute atomic E-state index is 2.33. The molecule has 6 aromatic rings. The molecule has 0 fully saturated rings. The van der Waals surface area contributed by atoms with Crippen LogP contribution in [0.5, 0.6) is 0 Å². The van der Waals surface area contributed by atoms with Crippen molar-refractivity contribution in [2.24, 2.45) is 0 Å². The molecule has 6 aromatic carbocycles. The van der Waals surface area contributed by atoms with E-state index >= 15 is 0 Å². The SMILES string of the molecule is CN(c1ccc(-c2ccccc2)cc1)c1cc2cccc3ccc4cccc1c4c32. The highest BCUT2D eigenvalue weighted by Gasteiger charge is 2.15. The van der Waals surface area contributed by atoms with Crippen molar-refractivity contribution in [2.45, 2.75) is 0 Å². The topological polar surface area (TPSA) is 3.24 Å². The second-order valence-corrected chi connectivity index (χ2v) is 7.92. The van der Waals surface area contributed by atoms with E-state index in [1.54, 1.807) is 0 Å². The van der Waals surface area contributed by atoms with Crippen molar-refractivity contribution in [3.8, 4) is 11.1 Å². The zero-order valence-corrected chi connectivity index (χ0v) is 16.8. The van der Waals surface area contributed by atoms with Gasteiger partial charge in [0.2, 0.25) is 0 Å². The highest BCUT2D eigenvalue weighted by Crippen LogP contribution is 2.41. The van der Waals surface area contributed by atoms with Gasteiger partial charge in [-0.1, -0.05) is 91.0 Å². The molecule has 0 aliphatic carbocycles. The monoisotopic (exact) mass is 383 g/mol. The van der Waals surface area contributed by atoms with Crippen LogP contribution in [0.4, 0.5) is 11.4 Å². The Morgan fingerprint density at radius 3 is 1.90 bits per heavy atom. The van der Waals surface area contributed by atoms with E-state index < -0.39 is 0 Å². The largest absolute Gasteiger partial charge is 0.344 e. The molecule has 0 saturated carbocycles. The molecule has 0 bridgehead atoms. The molecule has 142 valence electrons. The van der Waals surface area contributed by atoms with Gasteiger partial charge >= 0.3 is 0 Å². The lowest BCUT2D eigenvalue weighted by Gasteiger charge is -2.24. The van der Waals surface area contributed by atoms with Crippen molar-refractivity contribution in [1.29, 1.82) is 0 Å². The third-order valence-corrected chi connectivity index (χ3v) is 6.21. The van der Waals surface area contributed by atoms with E-state index in [-0.39, 0.29) is 0 Å². The standard InChI is InChI=1S/C29H21N/c1-30(25-17-15-21(16-18-25)20-7-3-2-4-8-20)27-19-24-11-5-9-22-13-14-23-10-6-12-26(27)29(23)28(22)24/h2-19H,1H3. The number of anilines is 2. The van der Waals surface area contributed by atoms with Gasteiger partial charge in [-0.15, -0.1) is 0 Å². The Morgan fingerprint density at radius 1 is 0.500 bits per heavy atom. The average Bonchev–Trinajstić information content (AvgIpc) is 2.82. The zero-order chi connectivity index (χ0) is 20.1. The third kappa shape index (κ3) is 2.56. The number of nitrogens with zero attached hydrogens (tertiary/aromatic N) is 1. The minimum Gasteiger partial charge on any atom is -0.344 e. The normalized spacial score (nSPS) is 11.5. The lowest BCUT2D eigenvalue weighted by molar-refractivity contribution is 1.23. The first-order valence-electron chi connectivity index (χ1n) is 10.4. The molecule has 0 aromatic heterocycles. The molecule has 0 radical (unpaired) electrons. The van der Waals surface area contributed by atoms with Crippen LogP contribution in [0.2, 0.25) is 0 Å². The third-order valence-electron chi connectivity index (χ3n) is 6.21. The van der Waals surface area contributed by atoms with Crippen LogP contribution in [0.3, 0.4) is 0 Å². The van der Waals surface area contributed by atoms with Crippen LogP contribution >= 0.6 is 0 Å². The summed E-state index contributed by atoms with van der Waals surface area (Å²) in [6.45, 7) is 0. The molecule has 6 rings (SSSR count). The lowest BCUT2D eigenvalue weighted by Crippen LogP contribution is -2.10. The van der Waals surface area contributed by atoms with Gasteiger partial charge in [-0.05, 0) is 56.3 Å². The summed E-state index contributed by atoms with van der Waals surface area (Å²) in [5, 5.41) is 7.91. The summed E-state index contributed by atoms with van der Waals surface area (Å²) >= 11 is 0. The molecule has 0 saturated heterocycles. The molecule has 1 heteroatoms. The van der Waals surface area contributed by atoms with Gasteiger partial charge in [0.1, 0.15) is 0 Å². The van der Waals surface area contributed by atoms with E-state index in [1.165, 1.54) is 54.8 Å². The van der Waals surface area contributed by atoms with Crippen molar-refractivity contribution < 1.29 is 0 Å². The number of benzene rings is 6. The molecule has 0 aliphatic heterocycles. The fraction of sp³-hybridized carbons (Fsp3) is 0.0345. The van der Waals surface area contributed by atoms with Crippen molar-refractivity contribution in [3.05, 3.63) is 109 Å². The quantitative estimate of drug-likeness (QED) is 0.280. The van der Waals surface area contributed by atoms with E-state index in [4.69, 9.17) is 0 Å². The van der Waals surface area contributed by atoms with Crippen molar-refractivity contribution in [2.75, 3.05) is 11.9 Å². The summed E-state index contributed by atoms with van der Waals surface area (Å²) in [5.74, 6) is 0. The lowest BCUT2D eigenvalue weighted by atomic mass is 9.93. The van der Waals surface area contributed by atoms with Crippen LogP contribution in [0.15, 0.2) is 109 Å². The molecule has 0 aliphatic rings. The molecular formula is C29H21N. The van der Waals surface area contributed by atoms with E-state index in [2.05, 4.69) is 121 Å². The maximum Gasteiger partial charge on any atom is 0.0494 e. The Hall–Kier alpha value is -3.84. The molecular weight excluding hydrogens is 362 g/mol. The van der Waals surface area contributed by atoms with Gasteiger partial charge in [-0.25, -0.2) is 0 Å². The van der Waals surface area contributed by atoms with Gasteiger partial charge in [0, 0.05) is 23.8 Å². The Labute approximate surface area is 176 Å². The molecule has 0 atom stereocenters. The first-order chi connectivity index (χ1) is 14.8. The smallest absolute Gasteiger partial charge is 0.0494 e. The molecule has 0 heterocycles. The minimum absolute atomic E-state index is 1.18. The number of hydrogen-bond donors (Lipinski definition) is 0. The van der Waals surface area contributed by atoms with Gasteiger partial charge in [0.05, 0.1) is 0 Å². The van der Waals surface area contributed by atoms with E-state index in [0.717, 1.165) is 0 Å². The Balaban J connectivity index is 1.52. The maximum atomic E-state index is 2.33. The minimum atomic E-state index is 1.18. The zero-order valence-electron chi connectivity index (χ0n) is 16.8. The van der Waals surface area contributed by atoms with Crippen LogP contribution < -0.4 is 4.90 Å². The second-order valence-electron chi connectivity index (χ2n) is 7.92. The molecule has 1 nitrogen and oxygen atoms in total. The summed E-state index contributed by atoms with van der Waals surface area (Å²) in [6, 6.07) is 39.4. The number of rotatable bonds is 3. The molecule has 0 unspecified atom stereocenters. The predicted octanol–water partition coefficient (Wildman–Crippen LogP) is 8.02. The van der Waals surface area contributed by atoms with Crippen LogP contribution in [0.25, 0.3) is 43.4 Å². The van der Waals surface area contributed by atoms with E-state index in [1.807, 2.05) is 0 Å². The Bertz CT molecular complexity index is 1480. The highest BCUT2D eigenvalue weighted by atomic mass is 15.1. The van der Waals surface area contributed by atoms with Crippen LogP contribution in [0, 0.1) is 0 Å². The summed E-state index contributed by atoms with van der Waals surface area (Å²) in [5.41, 5.74) is 4.90. The summed E-state index contributed by atoms with van der Waals surface area (Å²) < 4.78 is 0. The number of hydrogen-bond acceptors (Lipinski definition) is 1. The molecule has 0 spiro atoms. The van der Waals surface area contributed by atoms with Gasteiger partial charge in [-0.2, -0.15) is 0 Å². The van der Waals surface area contributed by atoms with Gasteiger partial charge in [0.25, 0.3) is 0 Å². The predicted molar refractivity (Wildman–Crippen MR) is 130 cm³/mol. The van der Waals surface area contributed by atoms with Crippen molar-refractivity contribution in [1.82, 2.24) is 0 Å². The molecule has 0 N–H and O–H groups in total. The Morgan fingerprint density at radius 2 is 1.13 bits per heavy atom. The van der Waals surface area contributed by atoms with Crippen LogP contribution in [0.1, 0.15) is 0 Å². The fourth-order valence-electron chi connectivity index (χ4n) is 4.67. The summed E-state index contributed by atoms with van der Waals surface area (Å²) in [6.07, 6.45) is 0. The van der Waals surface area contributed by atoms with Gasteiger partial charge < -0.3 is 4.90 Å². The van der Waals surface area contributed by atoms with Crippen LogP contribution in [-0.4, -0.2) is 7.05 Å².